The highest BCUT2D eigenvalue weighted by Crippen LogP contribution is 2.44. The van der Waals surface area contributed by atoms with Crippen LogP contribution in [-0.4, -0.2) is 24.3 Å². The summed E-state index contributed by atoms with van der Waals surface area (Å²) in [7, 11) is -4.51. The molecule has 0 radical (unpaired) electrons. The first-order valence-corrected chi connectivity index (χ1v) is 8.51. The standard InChI is InChI=1S/C12H19O3PS/c1-9(2)16(10(3)4)11-6-5-7-12(8-11)17(13,14)15/h5-10H,1-4H3,(H,13,14,15). The minimum Gasteiger partial charge on any atom is -0.282 e. The van der Waals surface area contributed by atoms with Crippen LogP contribution < -0.4 is 5.30 Å². The molecule has 0 heterocycles. The minimum absolute atomic E-state index is 0.0104. The maximum Gasteiger partial charge on any atom is 0.294 e. The van der Waals surface area contributed by atoms with E-state index in [2.05, 4.69) is 27.7 Å². The Hall–Kier alpha value is -0.440. The monoisotopic (exact) mass is 274 g/mol. The topological polar surface area (TPSA) is 54.4 Å². The van der Waals surface area contributed by atoms with Crippen molar-refractivity contribution in [1.82, 2.24) is 0 Å². The van der Waals surface area contributed by atoms with Crippen molar-refractivity contribution in [2.45, 2.75) is 43.9 Å². The fourth-order valence-corrected chi connectivity index (χ4v) is 5.54. The molecule has 5 heteroatoms. The van der Waals surface area contributed by atoms with E-state index in [4.69, 9.17) is 4.55 Å². The zero-order chi connectivity index (χ0) is 13.2. The van der Waals surface area contributed by atoms with Crippen molar-refractivity contribution in [3.8, 4) is 0 Å². The second kappa shape index (κ2) is 5.47. The second-order valence-corrected chi connectivity index (χ2v) is 9.39. The van der Waals surface area contributed by atoms with Crippen molar-refractivity contribution in [2.75, 3.05) is 0 Å². The van der Waals surface area contributed by atoms with E-state index < -0.39 is 18.0 Å². The molecular weight excluding hydrogens is 255 g/mol. The molecule has 0 aliphatic heterocycles. The smallest absolute Gasteiger partial charge is 0.282 e. The van der Waals surface area contributed by atoms with Gasteiger partial charge in [-0.1, -0.05) is 47.7 Å². The lowest BCUT2D eigenvalue weighted by atomic mass is 10.4. The Balaban J connectivity index is 3.23. The van der Waals surface area contributed by atoms with Crippen molar-refractivity contribution in [1.29, 1.82) is 0 Å². The molecule has 0 aliphatic carbocycles. The van der Waals surface area contributed by atoms with Gasteiger partial charge in [0.1, 0.15) is 0 Å². The highest BCUT2D eigenvalue weighted by Gasteiger charge is 2.20. The Morgan fingerprint density at radius 3 is 2.06 bits per heavy atom. The fourth-order valence-electron chi connectivity index (χ4n) is 2.00. The summed E-state index contributed by atoms with van der Waals surface area (Å²) in [5, 5.41) is 1.03. The van der Waals surface area contributed by atoms with Crippen LogP contribution in [0.25, 0.3) is 0 Å². The molecule has 1 rings (SSSR count). The van der Waals surface area contributed by atoms with Gasteiger partial charge in [0.15, 0.2) is 0 Å². The number of benzene rings is 1. The van der Waals surface area contributed by atoms with Gasteiger partial charge in [-0.05, 0) is 28.8 Å². The molecular formula is C12H19O3PS. The van der Waals surface area contributed by atoms with E-state index in [1.807, 2.05) is 6.07 Å². The summed E-state index contributed by atoms with van der Waals surface area (Å²) in [4.78, 5) is -0.0104. The highest BCUT2D eigenvalue weighted by atomic mass is 32.2. The van der Waals surface area contributed by atoms with Crippen molar-refractivity contribution in [3.05, 3.63) is 24.3 Å². The van der Waals surface area contributed by atoms with Gasteiger partial charge < -0.3 is 0 Å². The maximum atomic E-state index is 11.1. The van der Waals surface area contributed by atoms with Crippen molar-refractivity contribution >= 4 is 23.3 Å². The summed E-state index contributed by atoms with van der Waals surface area (Å²) in [6, 6.07) is 6.66. The van der Waals surface area contributed by atoms with Gasteiger partial charge >= 0.3 is 0 Å². The van der Waals surface area contributed by atoms with Crippen LogP contribution in [0.3, 0.4) is 0 Å². The molecule has 0 bridgehead atoms. The maximum absolute atomic E-state index is 11.1. The van der Waals surface area contributed by atoms with Gasteiger partial charge in [-0.2, -0.15) is 8.42 Å². The predicted molar refractivity (Wildman–Crippen MR) is 73.1 cm³/mol. The average molecular weight is 274 g/mol. The van der Waals surface area contributed by atoms with Gasteiger partial charge in [0.2, 0.25) is 0 Å². The van der Waals surface area contributed by atoms with Crippen LogP contribution in [0.2, 0.25) is 0 Å². The molecule has 0 amide bonds. The van der Waals surface area contributed by atoms with Gasteiger partial charge in [-0.25, -0.2) is 0 Å². The molecule has 0 saturated carbocycles. The largest absolute Gasteiger partial charge is 0.294 e. The fraction of sp³-hybridized carbons (Fsp3) is 0.500. The van der Waals surface area contributed by atoms with Crippen LogP contribution in [0.15, 0.2) is 29.2 Å². The molecule has 0 atom stereocenters. The van der Waals surface area contributed by atoms with Crippen LogP contribution >= 0.6 is 7.92 Å². The average Bonchev–Trinajstić information content (AvgIpc) is 2.15. The Morgan fingerprint density at radius 1 is 1.12 bits per heavy atom. The third-order valence-corrected chi connectivity index (χ3v) is 6.48. The summed E-state index contributed by atoms with van der Waals surface area (Å²) in [6.07, 6.45) is 0. The van der Waals surface area contributed by atoms with Crippen molar-refractivity contribution in [2.24, 2.45) is 0 Å². The van der Waals surface area contributed by atoms with Gasteiger partial charge in [-0.3, -0.25) is 4.55 Å². The zero-order valence-electron chi connectivity index (χ0n) is 10.6. The molecule has 1 aromatic carbocycles. The number of hydrogen-bond donors (Lipinski definition) is 1. The highest BCUT2D eigenvalue weighted by molar-refractivity contribution is 7.85. The molecule has 17 heavy (non-hydrogen) atoms. The molecule has 0 aliphatic rings. The quantitative estimate of drug-likeness (QED) is 0.678. The normalized spacial score (nSPS) is 12.7. The summed E-state index contributed by atoms with van der Waals surface area (Å²) < 4.78 is 31.3. The lowest BCUT2D eigenvalue weighted by Crippen LogP contribution is -2.16. The first-order chi connectivity index (χ1) is 7.73. The molecule has 0 spiro atoms. The second-order valence-electron chi connectivity index (χ2n) is 4.57. The van der Waals surface area contributed by atoms with Crippen molar-refractivity contribution < 1.29 is 13.0 Å². The van der Waals surface area contributed by atoms with Gasteiger partial charge in [0, 0.05) is 0 Å². The molecule has 0 fully saturated rings. The van der Waals surface area contributed by atoms with Gasteiger partial charge in [0.05, 0.1) is 4.90 Å². The Bertz CT molecular complexity index is 472. The van der Waals surface area contributed by atoms with E-state index in [1.165, 1.54) is 6.07 Å². The van der Waals surface area contributed by atoms with E-state index in [0.29, 0.717) is 11.3 Å². The summed E-state index contributed by atoms with van der Waals surface area (Å²) in [6.45, 7) is 8.58. The summed E-state index contributed by atoms with van der Waals surface area (Å²) in [5.74, 6) is 0. The van der Waals surface area contributed by atoms with Crippen LogP contribution in [0.1, 0.15) is 27.7 Å². The van der Waals surface area contributed by atoms with Gasteiger partial charge in [-0.15, -0.1) is 0 Å². The third kappa shape index (κ3) is 3.77. The van der Waals surface area contributed by atoms with Crippen molar-refractivity contribution in [3.63, 3.8) is 0 Å². The first-order valence-electron chi connectivity index (χ1n) is 5.59. The van der Waals surface area contributed by atoms with E-state index in [0.717, 1.165) is 5.30 Å². The number of hydrogen-bond acceptors (Lipinski definition) is 2. The first kappa shape index (κ1) is 14.6. The van der Waals surface area contributed by atoms with E-state index in [1.54, 1.807) is 12.1 Å². The van der Waals surface area contributed by atoms with Crippen LogP contribution in [0.4, 0.5) is 0 Å². The van der Waals surface area contributed by atoms with Crippen LogP contribution in [0.5, 0.6) is 0 Å². The Labute approximate surface area is 105 Å². The van der Waals surface area contributed by atoms with E-state index in [9.17, 15) is 8.42 Å². The van der Waals surface area contributed by atoms with E-state index in [-0.39, 0.29) is 4.90 Å². The van der Waals surface area contributed by atoms with E-state index >= 15 is 0 Å². The lowest BCUT2D eigenvalue weighted by Gasteiger charge is -2.26. The molecule has 96 valence electrons. The molecule has 0 saturated heterocycles. The SMILES string of the molecule is CC(C)P(c1cccc(S(=O)(=O)O)c1)C(C)C. The van der Waals surface area contributed by atoms with Crippen LogP contribution in [0, 0.1) is 0 Å². The lowest BCUT2D eigenvalue weighted by molar-refractivity contribution is 0.483. The third-order valence-electron chi connectivity index (χ3n) is 2.53. The molecule has 3 nitrogen and oxygen atoms in total. The minimum atomic E-state index is -4.10. The molecule has 0 unspecified atom stereocenters. The summed E-state index contributed by atoms with van der Waals surface area (Å²) in [5.41, 5.74) is 0.975. The predicted octanol–water partition coefficient (Wildman–Crippen LogP) is 2.86. The zero-order valence-corrected chi connectivity index (χ0v) is 12.3. The van der Waals surface area contributed by atoms with Gasteiger partial charge in [0.25, 0.3) is 10.1 Å². The van der Waals surface area contributed by atoms with Crippen LogP contribution in [-0.2, 0) is 10.1 Å². The molecule has 1 aromatic rings. The Kier molecular flexibility index (Phi) is 4.70. The molecule has 0 aromatic heterocycles. The number of rotatable bonds is 4. The Morgan fingerprint density at radius 2 is 1.65 bits per heavy atom. The molecule has 1 N–H and O–H groups in total. The summed E-state index contributed by atoms with van der Waals surface area (Å²) >= 11 is 0.